The van der Waals surface area contributed by atoms with Gasteiger partial charge in [-0.25, -0.2) is 4.39 Å². The minimum atomic E-state index is -1.01. The molecule has 6 rings (SSSR count). The maximum Gasteiger partial charge on any atom is 0.262 e. The van der Waals surface area contributed by atoms with Gasteiger partial charge in [-0.3, -0.25) is 39.2 Å². The average molecular weight is 535 g/mol. The lowest BCUT2D eigenvalue weighted by atomic mass is 9.96. The Bertz CT molecular complexity index is 1330. The largest absolute Gasteiger partial charge is 0.379 e. The first-order valence-electron chi connectivity index (χ1n) is 13.5. The molecule has 4 amide bonds. The Morgan fingerprint density at radius 1 is 0.949 bits per heavy atom. The number of amides is 4. The number of carbonyl (C=O) groups excluding carboxylic acids is 4. The zero-order valence-corrected chi connectivity index (χ0v) is 21.7. The van der Waals surface area contributed by atoms with Crippen molar-refractivity contribution < 1.29 is 28.3 Å². The summed E-state index contributed by atoms with van der Waals surface area (Å²) < 4.78 is 20.5. The second-order valence-corrected chi connectivity index (χ2v) is 10.7. The molecule has 4 aliphatic heterocycles. The number of fused-ring (bicyclic) bond motifs is 1. The van der Waals surface area contributed by atoms with Gasteiger partial charge in [-0.15, -0.1) is 0 Å². The van der Waals surface area contributed by atoms with E-state index in [-0.39, 0.29) is 29.8 Å². The van der Waals surface area contributed by atoms with E-state index in [1.807, 2.05) is 6.07 Å². The summed E-state index contributed by atoms with van der Waals surface area (Å²) in [6, 6.07) is 9.91. The Morgan fingerprint density at radius 2 is 1.72 bits per heavy atom. The third-order valence-corrected chi connectivity index (χ3v) is 8.24. The Hall–Kier alpha value is -3.47. The van der Waals surface area contributed by atoms with Crippen LogP contribution < -0.4 is 5.32 Å². The van der Waals surface area contributed by atoms with Crippen LogP contribution in [-0.4, -0.2) is 89.8 Å². The Morgan fingerprint density at radius 3 is 2.46 bits per heavy atom. The molecule has 4 aliphatic rings. The zero-order chi connectivity index (χ0) is 27.1. The first kappa shape index (κ1) is 25.8. The highest BCUT2D eigenvalue weighted by atomic mass is 19.1. The van der Waals surface area contributed by atoms with E-state index in [1.165, 1.54) is 0 Å². The van der Waals surface area contributed by atoms with Gasteiger partial charge in [0.25, 0.3) is 11.8 Å². The molecule has 0 unspecified atom stereocenters. The van der Waals surface area contributed by atoms with Crippen molar-refractivity contribution in [3.63, 3.8) is 0 Å². The second kappa shape index (κ2) is 10.6. The number of hydrogen-bond donors (Lipinski definition) is 1. The minimum Gasteiger partial charge on any atom is -0.379 e. The highest BCUT2D eigenvalue weighted by Gasteiger charge is 2.45. The van der Waals surface area contributed by atoms with Crippen LogP contribution in [0.4, 0.5) is 4.39 Å². The van der Waals surface area contributed by atoms with Gasteiger partial charge < -0.3 is 4.74 Å². The van der Waals surface area contributed by atoms with E-state index in [0.717, 1.165) is 49.9 Å². The fourth-order valence-electron chi connectivity index (χ4n) is 6.06. The molecule has 2 aromatic carbocycles. The van der Waals surface area contributed by atoms with Crippen LogP contribution in [0.1, 0.15) is 50.2 Å². The van der Waals surface area contributed by atoms with Crippen LogP contribution in [0, 0.1) is 5.82 Å². The molecule has 39 heavy (non-hydrogen) atoms. The lowest BCUT2D eigenvalue weighted by Gasteiger charge is -2.46. The second-order valence-electron chi connectivity index (χ2n) is 10.7. The molecule has 2 aromatic rings. The Kier molecular flexibility index (Phi) is 7.01. The number of aryl methyl sites for hydroxylation is 2. The summed E-state index contributed by atoms with van der Waals surface area (Å²) in [6.07, 6.45) is 0.909. The van der Waals surface area contributed by atoms with Crippen molar-refractivity contribution in [1.29, 1.82) is 0 Å². The van der Waals surface area contributed by atoms with Crippen LogP contribution in [0.5, 0.6) is 0 Å². The number of halogens is 1. The Labute approximate surface area is 225 Å². The number of imide groups is 2. The summed E-state index contributed by atoms with van der Waals surface area (Å²) in [6.45, 7) is 6.19. The maximum atomic E-state index is 15.0. The van der Waals surface area contributed by atoms with Crippen LogP contribution in [-0.2, 0) is 33.7 Å². The topological polar surface area (TPSA) is 99.3 Å². The number of nitrogens with zero attached hydrogens (tertiary/aromatic N) is 3. The Balaban J connectivity index is 1.09. The molecule has 1 N–H and O–H groups in total. The standard InChI is InChI=1S/C29H31FN4O5/c30-23-14-18(15-32-16-21(17-32)33-10-12-39-13-11-33)4-5-19(23)6-7-20-2-1-3-22-26(20)29(38)34(28(22)37)24-8-9-25(35)31-27(24)36/h1-5,14,21,24H,6-13,15-17H2,(H,31,35,36)/t24-/m0/s1. The molecular weight excluding hydrogens is 503 g/mol. The third-order valence-electron chi connectivity index (χ3n) is 8.24. The number of likely N-dealkylation sites (tertiary alicyclic amines) is 1. The van der Waals surface area contributed by atoms with Crippen molar-refractivity contribution in [2.45, 2.75) is 44.3 Å². The SMILES string of the molecule is O=C1CC[C@H](N2C(=O)c3cccc(CCc4ccc(CN5CC(N6CCOCC6)C5)cc4F)c3C2=O)C(=O)N1. The van der Waals surface area contributed by atoms with Gasteiger partial charge >= 0.3 is 0 Å². The van der Waals surface area contributed by atoms with E-state index < -0.39 is 29.7 Å². The van der Waals surface area contributed by atoms with Gasteiger partial charge in [-0.1, -0.05) is 24.3 Å². The van der Waals surface area contributed by atoms with Crippen LogP contribution in [0.2, 0.25) is 0 Å². The fraction of sp³-hybridized carbons (Fsp3) is 0.448. The molecule has 0 aliphatic carbocycles. The van der Waals surface area contributed by atoms with E-state index >= 15 is 4.39 Å². The summed E-state index contributed by atoms with van der Waals surface area (Å²) >= 11 is 0. The monoisotopic (exact) mass is 534 g/mol. The van der Waals surface area contributed by atoms with E-state index in [0.29, 0.717) is 36.6 Å². The lowest BCUT2D eigenvalue weighted by Crippen LogP contribution is -2.60. The van der Waals surface area contributed by atoms with Gasteiger partial charge in [0.1, 0.15) is 11.9 Å². The predicted octanol–water partition coefficient (Wildman–Crippen LogP) is 1.53. The molecule has 0 spiro atoms. The van der Waals surface area contributed by atoms with Gasteiger partial charge in [-0.05, 0) is 48.1 Å². The van der Waals surface area contributed by atoms with E-state index in [1.54, 1.807) is 30.3 Å². The molecule has 0 aromatic heterocycles. The average Bonchev–Trinajstić information content (AvgIpc) is 3.16. The number of piperidine rings is 1. The van der Waals surface area contributed by atoms with Crippen molar-refractivity contribution in [2.75, 3.05) is 39.4 Å². The molecule has 3 saturated heterocycles. The van der Waals surface area contributed by atoms with Gasteiger partial charge in [0.15, 0.2) is 0 Å². The molecule has 10 heteroatoms. The molecule has 3 fully saturated rings. The predicted molar refractivity (Wildman–Crippen MR) is 138 cm³/mol. The molecule has 204 valence electrons. The number of carbonyl (C=O) groups is 4. The minimum absolute atomic E-state index is 0.0676. The highest BCUT2D eigenvalue weighted by molar-refractivity contribution is 6.24. The van der Waals surface area contributed by atoms with E-state index in [9.17, 15) is 19.2 Å². The van der Waals surface area contributed by atoms with Crippen molar-refractivity contribution in [3.05, 3.63) is 70.0 Å². The summed E-state index contributed by atoms with van der Waals surface area (Å²) in [5, 5.41) is 2.21. The highest BCUT2D eigenvalue weighted by Crippen LogP contribution is 2.31. The molecule has 0 saturated carbocycles. The molecule has 0 bridgehead atoms. The van der Waals surface area contributed by atoms with E-state index in [2.05, 4.69) is 15.1 Å². The number of ether oxygens (including phenoxy) is 1. The number of hydrogen-bond acceptors (Lipinski definition) is 7. The van der Waals surface area contributed by atoms with Crippen LogP contribution in [0.3, 0.4) is 0 Å². The van der Waals surface area contributed by atoms with Crippen molar-refractivity contribution >= 4 is 23.6 Å². The van der Waals surface area contributed by atoms with Crippen LogP contribution in [0.15, 0.2) is 36.4 Å². The van der Waals surface area contributed by atoms with Crippen molar-refractivity contribution in [2.24, 2.45) is 0 Å². The van der Waals surface area contributed by atoms with Crippen LogP contribution >= 0.6 is 0 Å². The number of morpholine rings is 1. The summed E-state index contributed by atoms with van der Waals surface area (Å²) in [7, 11) is 0. The van der Waals surface area contributed by atoms with Crippen molar-refractivity contribution in [3.8, 4) is 0 Å². The number of benzene rings is 2. The number of nitrogens with one attached hydrogen (secondary N) is 1. The molecule has 9 nitrogen and oxygen atoms in total. The van der Waals surface area contributed by atoms with Gasteiger partial charge in [0.2, 0.25) is 11.8 Å². The molecule has 4 heterocycles. The smallest absolute Gasteiger partial charge is 0.262 e. The summed E-state index contributed by atoms with van der Waals surface area (Å²) in [4.78, 5) is 55.9. The fourth-order valence-corrected chi connectivity index (χ4v) is 6.06. The molecular formula is C29H31FN4O5. The quantitative estimate of drug-likeness (QED) is 0.538. The van der Waals surface area contributed by atoms with E-state index in [4.69, 9.17) is 4.74 Å². The summed E-state index contributed by atoms with van der Waals surface area (Å²) in [5.74, 6) is -2.41. The first-order chi connectivity index (χ1) is 18.9. The summed E-state index contributed by atoms with van der Waals surface area (Å²) in [5.41, 5.74) is 2.61. The van der Waals surface area contributed by atoms with Gasteiger partial charge in [0, 0.05) is 45.2 Å². The first-order valence-corrected chi connectivity index (χ1v) is 13.5. The van der Waals surface area contributed by atoms with Gasteiger partial charge in [0.05, 0.1) is 24.3 Å². The third kappa shape index (κ3) is 4.99. The van der Waals surface area contributed by atoms with Gasteiger partial charge in [-0.2, -0.15) is 0 Å². The molecule has 1 atom stereocenters. The molecule has 0 radical (unpaired) electrons. The maximum absolute atomic E-state index is 15.0. The lowest BCUT2D eigenvalue weighted by molar-refractivity contribution is -0.136. The normalized spacial score (nSPS) is 22.7. The zero-order valence-electron chi connectivity index (χ0n) is 21.7. The number of rotatable bonds is 7. The van der Waals surface area contributed by atoms with Crippen LogP contribution in [0.25, 0.3) is 0 Å². The van der Waals surface area contributed by atoms with Crippen molar-refractivity contribution in [1.82, 2.24) is 20.0 Å².